The Balaban J connectivity index is 1.44. The number of hydrogen-bond donors (Lipinski definition) is 2. The summed E-state index contributed by atoms with van der Waals surface area (Å²) in [7, 11) is 2.11. The molecule has 0 aliphatic carbocycles. The van der Waals surface area contributed by atoms with Crippen LogP contribution in [0.15, 0.2) is 66.5 Å². The number of hydrogen-bond acceptors (Lipinski definition) is 5. The molecule has 0 saturated carbocycles. The summed E-state index contributed by atoms with van der Waals surface area (Å²) in [4.78, 5) is 23.5. The van der Waals surface area contributed by atoms with Gasteiger partial charge in [-0.05, 0) is 50.1 Å². The number of fused-ring (bicyclic) bond motifs is 1. The average molecular weight is 402 g/mol. The predicted molar refractivity (Wildman–Crippen MR) is 122 cm³/mol. The number of carbonyl (C=O) groups excluding carboxylic acids is 1. The molecule has 0 unspecified atom stereocenters. The van der Waals surface area contributed by atoms with E-state index in [1.54, 1.807) is 12.4 Å². The zero-order valence-corrected chi connectivity index (χ0v) is 17.3. The zero-order valence-electron chi connectivity index (χ0n) is 17.3. The summed E-state index contributed by atoms with van der Waals surface area (Å²) in [6.45, 7) is 2.78. The van der Waals surface area contributed by atoms with Crippen LogP contribution in [0.2, 0.25) is 0 Å². The Hall–Kier alpha value is -3.25. The van der Waals surface area contributed by atoms with Gasteiger partial charge in [0.2, 0.25) is 5.91 Å². The fraction of sp³-hybridized carbons (Fsp3) is 0.292. The second kappa shape index (κ2) is 9.50. The third kappa shape index (κ3) is 5.21. The monoisotopic (exact) mass is 401 g/mol. The van der Waals surface area contributed by atoms with E-state index in [1.165, 1.54) is 11.1 Å². The largest absolute Gasteiger partial charge is 0.369 e. The molecule has 2 N–H and O–H groups in total. The Labute approximate surface area is 177 Å². The van der Waals surface area contributed by atoms with Crippen molar-refractivity contribution in [2.24, 2.45) is 0 Å². The predicted octanol–water partition coefficient (Wildman–Crippen LogP) is 3.87. The van der Waals surface area contributed by atoms with Gasteiger partial charge < -0.3 is 15.5 Å². The average Bonchev–Trinajstić information content (AvgIpc) is 2.76. The first-order valence-electron chi connectivity index (χ1n) is 10.4. The Morgan fingerprint density at radius 3 is 2.70 bits per heavy atom. The molecule has 1 aromatic heterocycles. The van der Waals surface area contributed by atoms with Crippen molar-refractivity contribution in [3.05, 3.63) is 72.1 Å². The molecule has 0 atom stereocenters. The first-order chi connectivity index (χ1) is 14.7. The van der Waals surface area contributed by atoms with Crippen LogP contribution in [0.5, 0.6) is 0 Å². The highest BCUT2D eigenvalue weighted by atomic mass is 16.1. The number of aromatic nitrogens is 2. The Morgan fingerprint density at radius 1 is 1.10 bits per heavy atom. The van der Waals surface area contributed by atoms with E-state index >= 15 is 0 Å². The summed E-state index contributed by atoms with van der Waals surface area (Å²) in [5, 5.41) is 7.29. The molecular formula is C24H27N5O. The van der Waals surface area contributed by atoms with Crippen molar-refractivity contribution in [2.75, 3.05) is 37.3 Å². The molecule has 30 heavy (non-hydrogen) atoms. The van der Waals surface area contributed by atoms with Gasteiger partial charge in [-0.1, -0.05) is 35.9 Å². The van der Waals surface area contributed by atoms with Gasteiger partial charge in [0.15, 0.2) is 0 Å². The summed E-state index contributed by atoms with van der Waals surface area (Å²) in [5.41, 5.74) is 4.08. The second-order valence-corrected chi connectivity index (χ2v) is 7.71. The highest BCUT2D eigenvalue weighted by Crippen LogP contribution is 2.23. The van der Waals surface area contributed by atoms with Gasteiger partial charge in [-0.3, -0.25) is 4.79 Å². The molecule has 1 amide bonds. The van der Waals surface area contributed by atoms with E-state index in [2.05, 4.69) is 44.7 Å². The minimum atomic E-state index is -0.0793. The molecule has 2 heterocycles. The molecule has 0 bridgehead atoms. The van der Waals surface area contributed by atoms with E-state index in [1.807, 2.05) is 36.4 Å². The lowest BCUT2D eigenvalue weighted by molar-refractivity contribution is -0.112. The van der Waals surface area contributed by atoms with Crippen LogP contribution in [0.4, 0.5) is 11.5 Å². The van der Waals surface area contributed by atoms with Gasteiger partial charge in [-0.25, -0.2) is 9.97 Å². The minimum Gasteiger partial charge on any atom is -0.369 e. The lowest BCUT2D eigenvalue weighted by Gasteiger charge is -2.23. The molecule has 1 saturated heterocycles. The maximum Gasteiger partial charge on any atom is 0.248 e. The second-order valence-electron chi connectivity index (χ2n) is 7.71. The number of likely N-dealkylation sites (tertiary alicyclic amines) is 1. The lowest BCUT2D eigenvalue weighted by atomic mass is 10.0. The summed E-state index contributed by atoms with van der Waals surface area (Å²) >= 11 is 0. The van der Waals surface area contributed by atoms with E-state index < -0.39 is 0 Å². The van der Waals surface area contributed by atoms with E-state index in [0.717, 1.165) is 61.3 Å². The van der Waals surface area contributed by atoms with Gasteiger partial charge in [-0.15, -0.1) is 0 Å². The van der Waals surface area contributed by atoms with E-state index in [0.29, 0.717) is 0 Å². The number of nitrogens with one attached hydrogen (secondary N) is 2. The van der Waals surface area contributed by atoms with Crippen molar-refractivity contribution >= 4 is 28.3 Å². The fourth-order valence-electron chi connectivity index (χ4n) is 3.66. The number of anilines is 2. The van der Waals surface area contributed by atoms with Crippen LogP contribution in [0, 0.1) is 0 Å². The van der Waals surface area contributed by atoms with Crippen molar-refractivity contribution in [1.29, 1.82) is 0 Å². The Kier molecular flexibility index (Phi) is 6.35. The summed E-state index contributed by atoms with van der Waals surface area (Å²) in [5.74, 6) is 0.699. The first kappa shape index (κ1) is 20.0. The molecule has 1 aliphatic heterocycles. The fourth-order valence-corrected chi connectivity index (χ4v) is 3.66. The van der Waals surface area contributed by atoms with Gasteiger partial charge in [0.05, 0.1) is 5.52 Å². The van der Waals surface area contributed by atoms with Crippen molar-refractivity contribution in [3.63, 3.8) is 0 Å². The molecule has 1 fully saturated rings. The number of amides is 1. The van der Waals surface area contributed by atoms with Crippen LogP contribution in [-0.2, 0) is 11.2 Å². The highest BCUT2D eigenvalue weighted by molar-refractivity contribution is 6.02. The summed E-state index contributed by atoms with van der Waals surface area (Å²) < 4.78 is 0. The van der Waals surface area contributed by atoms with Crippen LogP contribution < -0.4 is 10.6 Å². The molecule has 2 aromatic carbocycles. The van der Waals surface area contributed by atoms with Crippen LogP contribution in [0.3, 0.4) is 0 Å². The van der Waals surface area contributed by atoms with E-state index in [9.17, 15) is 4.79 Å². The molecule has 6 nitrogen and oxygen atoms in total. The third-order valence-corrected chi connectivity index (χ3v) is 5.42. The highest BCUT2D eigenvalue weighted by Gasteiger charge is 2.12. The van der Waals surface area contributed by atoms with Gasteiger partial charge in [0.1, 0.15) is 12.1 Å². The van der Waals surface area contributed by atoms with Crippen molar-refractivity contribution in [1.82, 2.24) is 14.9 Å². The molecular weight excluding hydrogens is 374 g/mol. The van der Waals surface area contributed by atoms with Crippen LogP contribution in [-0.4, -0.2) is 47.5 Å². The number of rotatable bonds is 6. The smallest absolute Gasteiger partial charge is 0.248 e. The SMILES string of the molecule is CN1CCC(=CC(=O)Nc2ccc3ncnc(NCCc4ccccc4)c3c2)CC1. The van der Waals surface area contributed by atoms with Gasteiger partial charge in [0, 0.05) is 36.8 Å². The Morgan fingerprint density at radius 2 is 1.90 bits per heavy atom. The van der Waals surface area contributed by atoms with Crippen molar-refractivity contribution in [2.45, 2.75) is 19.3 Å². The van der Waals surface area contributed by atoms with Crippen LogP contribution in [0.25, 0.3) is 10.9 Å². The number of nitrogens with zero attached hydrogens (tertiary/aromatic N) is 3. The Bertz CT molecular complexity index is 1040. The minimum absolute atomic E-state index is 0.0793. The number of carbonyl (C=O) groups is 1. The molecule has 1 aliphatic rings. The topological polar surface area (TPSA) is 70.2 Å². The third-order valence-electron chi connectivity index (χ3n) is 5.42. The van der Waals surface area contributed by atoms with E-state index in [4.69, 9.17) is 0 Å². The molecule has 154 valence electrons. The van der Waals surface area contributed by atoms with Gasteiger partial charge in [-0.2, -0.15) is 0 Å². The maximum atomic E-state index is 12.5. The van der Waals surface area contributed by atoms with Gasteiger partial charge >= 0.3 is 0 Å². The van der Waals surface area contributed by atoms with Crippen molar-refractivity contribution < 1.29 is 4.79 Å². The summed E-state index contributed by atoms with van der Waals surface area (Å²) in [6, 6.07) is 16.1. The quantitative estimate of drug-likeness (QED) is 0.614. The standard InChI is InChI=1S/C24H27N5O/c1-29-13-10-19(11-14-29)15-23(30)28-20-7-8-22-21(16-20)24(27-17-26-22)25-12-9-18-5-3-2-4-6-18/h2-8,15-17H,9-14H2,1H3,(H,28,30)(H,25,26,27). The number of piperidine rings is 1. The molecule has 0 radical (unpaired) electrons. The van der Waals surface area contributed by atoms with E-state index in [-0.39, 0.29) is 5.91 Å². The van der Waals surface area contributed by atoms with Crippen LogP contribution >= 0.6 is 0 Å². The van der Waals surface area contributed by atoms with Crippen LogP contribution in [0.1, 0.15) is 18.4 Å². The molecule has 4 rings (SSSR count). The first-order valence-corrected chi connectivity index (χ1v) is 10.4. The maximum absolute atomic E-state index is 12.5. The zero-order chi connectivity index (χ0) is 20.8. The summed E-state index contributed by atoms with van der Waals surface area (Å²) in [6.07, 6.45) is 6.12. The van der Waals surface area contributed by atoms with Gasteiger partial charge in [0.25, 0.3) is 0 Å². The molecule has 6 heteroatoms. The molecule has 0 spiro atoms. The molecule has 3 aromatic rings. The van der Waals surface area contributed by atoms with Crippen molar-refractivity contribution in [3.8, 4) is 0 Å². The lowest BCUT2D eigenvalue weighted by Crippen LogP contribution is -2.26. The number of benzene rings is 2. The normalized spacial score (nSPS) is 14.5.